The molecule has 1 heterocycles. The van der Waals surface area contributed by atoms with Crippen molar-refractivity contribution in [3.05, 3.63) is 27.9 Å². The summed E-state index contributed by atoms with van der Waals surface area (Å²) in [5.41, 5.74) is 0.310. The number of hydrogen-bond donors (Lipinski definition) is 2. The zero-order chi connectivity index (χ0) is 13.2. The van der Waals surface area contributed by atoms with Gasteiger partial charge in [-0.15, -0.1) is 0 Å². The number of rotatable bonds is 3. The Balaban J connectivity index is 2.24. The highest BCUT2D eigenvalue weighted by atomic mass is 19.3. The summed E-state index contributed by atoms with van der Waals surface area (Å²) in [6.07, 6.45) is 0.835. The SMILES string of the molecule is CNCc1cc(=O)[nH]c(C2CCCC(F)(F)C2)n1. The lowest BCUT2D eigenvalue weighted by Crippen LogP contribution is -2.27. The molecule has 6 heteroatoms. The quantitative estimate of drug-likeness (QED) is 0.867. The molecule has 0 aliphatic heterocycles. The lowest BCUT2D eigenvalue weighted by molar-refractivity contribution is -0.0417. The summed E-state index contributed by atoms with van der Waals surface area (Å²) >= 11 is 0. The molecule has 1 atom stereocenters. The minimum atomic E-state index is -2.64. The number of nitrogens with one attached hydrogen (secondary N) is 2. The Morgan fingerprint density at radius 1 is 1.61 bits per heavy atom. The van der Waals surface area contributed by atoms with Crippen molar-refractivity contribution in [3.8, 4) is 0 Å². The van der Waals surface area contributed by atoms with Gasteiger partial charge in [-0.3, -0.25) is 4.79 Å². The fourth-order valence-electron chi connectivity index (χ4n) is 2.40. The summed E-state index contributed by atoms with van der Waals surface area (Å²) in [5, 5.41) is 2.89. The Morgan fingerprint density at radius 2 is 2.39 bits per heavy atom. The molecule has 1 aliphatic carbocycles. The van der Waals surface area contributed by atoms with E-state index >= 15 is 0 Å². The van der Waals surface area contributed by atoms with Crippen molar-refractivity contribution in [3.63, 3.8) is 0 Å². The van der Waals surface area contributed by atoms with Gasteiger partial charge in [0.05, 0.1) is 5.69 Å². The number of halogens is 2. The summed E-state index contributed by atoms with van der Waals surface area (Å²) < 4.78 is 26.7. The molecule has 2 rings (SSSR count). The third kappa shape index (κ3) is 3.13. The predicted molar refractivity (Wildman–Crippen MR) is 63.8 cm³/mol. The Kier molecular flexibility index (Phi) is 3.75. The van der Waals surface area contributed by atoms with Crippen LogP contribution in [0.4, 0.5) is 8.78 Å². The second-order valence-electron chi connectivity index (χ2n) is 4.80. The molecule has 1 fully saturated rings. The van der Waals surface area contributed by atoms with Crippen LogP contribution in [0.5, 0.6) is 0 Å². The van der Waals surface area contributed by atoms with Crippen LogP contribution in [0.15, 0.2) is 10.9 Å². The molecule has 0 spiro atoms. The van der Waals surface area contributed by atoms with Gasteiger partial charge in [0.1, 0.15) is 5.82 Å². The zero-order valence-corrected chi connectivity index (χ0v) is 10.3. The minimum absolute atomic E-state index is 0.0655. The molecular formula is C12H17F2N3O. The lowest BCUT2D eigenvalue weighted by atomic mass is 9.86. The number of hydrogen-bond acceptors (Lipinski definition) is 3. The molecule has 1 saturated carbocycles. The Labute approximate surface area is 104 Å². The Hall–Kier alpha value is -1.30. The summed E-state index contributed by atoms with van der Waals surface area (Å²) in [6, 6.07) is 1.39. The van der Waals surface area contributed by atoms with Gasteiger partial charge in [-0.05, 0) is 19.9 Å². The number of nitrogens with zero attached hydrogens (tertiary/aromatic N) is 1. The van der Waals surface area contributed by atoms with Crippen molar-refractivity contribution >= 4 is 0 Å². The first-order valence-corrected chi connectivity index (χ1v) is 6.13. The Bertz CT molecular complexity index is 473. The molecule has 18 heavy (non-hydrogen) atoms. The maximum atomic E-state index is 13.4. The molecular weight excluding hydrogens is 240 g/mol. The van der Waals surface area contributed by atoms with Crippen LogP contribution in [0.2, 0.25) is 0 Å². The van der Waals surface area contributed by atoms with Crippen LogP contribution in [0, 0.1) is 0 Å². The van der Waals surface area contributed by atoms with Crippen LogP contribution in [0.25, 0.3) is 0 Å². The molecule has 1 aromatic rings. The molecule has 0 saturated heterocycles. The summed E-state index contributed by atoms with van der Waals surface area (Å²) in [7, 11) is 1.75. The monoisotopic (exact) mass is 257 g/mol. The summed E-state index contributed by atoms with van der Waals surface area (Å²) in [4.78, 5) is 18.3. The van der Waals surface area contributed by atoms with E-state index < -0.39 is 5.92 Å². The summed E-state index contributed by atoms with van der Waals surface area (Å²) in [5.74, 6) is -2.59. The van der Waals surface area contributed by atoms with Crippen molar-refractivity contribution in [1.82, 2.24) is 15.3 Å². The second-order valence-corrected chi connectivity index (χ2v) is 4.80. The number of H-pyrrole nitrogens is 1. The van der Waals surface area contributed by atoms with Crippen LogP contribution in [0.1, 0.15) is 43.1 Å². The third-order valence-electron chi connectivity index (χ3n) is 3.20. The maximum absolute atomic E-state index is 13.4. The fraction of sp³-hybridized carbons (Fsp3) is 0.667. The molecule has 0 bridgehead atoms. The number of aromatic nitrogens is 2. The van der Waals surface area contributed by atoms with Crippen molar-refractivity contribution < 1.29 is 8.78 Å². The Morgan fingerprint density at radius 3 is 3.06 bits per heavy atom. The zero-order valence-electron chi connectivity index (χ0n) is 10.3. The fourth-order valence-corrected chi connectivity index (χ4v) is 2.40. The molecule has 1 aromatic heterocycles. The lowest BCUT2D eigenvalue weighted by Gasteiger charge is -2.28. The van der Waals surface area contributed by atoms with E-state index in [0.29, 0.717) is 30.9 Å². The van der Waals surface area contributed by atoms with E-state index in [1.165, 1.54) is 6.07 Å². The van der Waals surface area contributed by atoms with Gasteiger partial charge in [-0.2, -0.15) is 0 Å². The van der Waals surface area contributed by atoms with Crippen molar-refractivity contribution in [1.29, 1.82) is 0 Å². The van der Waals surface area contributed by atoms with Gasteiger partial charge in [0.15, 0.2) is 0 Å². The van der Waals surface area contributed by atoms with E-state index in [9.17, 15) is 13.6 Å². The minimum Gasteiger partial charge on any atom is -0.314 e. The van der Waals surface area contributed by atoms with Crippen molar-refractivity contribution in [2.75, 3.05) is 7.05 Å². The van der Waals surface area contributed by atoms with E-state index in [1.54, 1.807) is 7.05 Å². The van der Waals surface area contributed by atoms with E-state index in [2.05, 4.69) is 15.3 Å². The van der Waals surface area contributed by atoms with Crippen LogP contribution in [-0.2, 0) is 6.54 Å². The first-order chi connectivity index (χ1) is 8.50. The van der Waals surface area contributed by atoms with Gasteiger partial charge >= 0.3 is 0 Å². The van der Waals surface area contributed by atoms with Crippen LogP contribution >= 0.6 is 0 Å². The highest BCUT2D eigenvalue weighted by molar-refractivity contribution is 5.07. The highest BCUT2D eigenvalue weighted by Crippen LogP contribution is 2.40. The predicted octanol–water partition coefficient (Wildman–Crippen LogP) is 1.78. The third-order valence-corrected chi connectivity index (χ3v) is 3.20. The molecule has 4 nitrogen and oxygen atoms in total. The first kappa shape index (κ1) is 13.1. The molecule has 1 aliphatic rings. The molecule has 0 radical (unpaired) electrons. The smallest absolute Gasteiger partial charge is 0.251 e. The first-order valence-electron chi connectivity index (χ1n) is 6.13. The van der Waals surface area contributed by atoms with Crippen LogP contribution < -0.4 is 10.9 Å². The average Bonchev–Trinajstić information content (AvgIpc) is 2.27. The van der Waals surface area contributed by atoms with E-state index in [1.807, 2.05) is 0 Å². The maximum Gasteiger partial charge on any atom is 0.251 e. The number of alkyl halides is 2. The van der Waals surface area contributed by atoms with Crippen molar-refractivity contribution in [2.24, 2.45) is 0 Å². The van der Waals surface area contributed by atoms with Gasteiger partial charge < -0.3 is 10.3 Å². The largest absolute Gasteiger partial charge is 0.314 e. The second kappa shape index (κ2) is 5.14. The topological polar surface area (TPSA) is 57.8 Å². The van der Waals surface area contributed by atoms with Crippen LogP contribution in [0.3, 0.4) is 0 Å². The van der Waals surface area contributed by atoms with Gasteiger partial charge in [-0.1, -0.05) is 0 Å². The molecule has 1 unspecified atom stereocenters. The average molecular weight is 257 g/mol. The van der Waals surface area contributed by atoms with Gasteiger partial charge in [-0.25, -0.2) is 13.8 Å². The molecule has 0 amide bonds. The van der Waals surface area contributed by atoms with Crippen LogP contribution in [-0.4, -0.2) is 22.9 Å². The van der Waals surface area contributed by atoms with Gasteiger partial charge in [0, 0.05) is 31.4 Å². The standard InChI is InChI=1S/C12H17F2N3O/c1-15-7-9-5-10(18)17-11(16-9)8-3-2-4-12(13,14)6-8/h5,8,15H,2-4,6-7H2,1H3,(H,16,17,18). The molecule has 100 valence electrons. The molecule has 2 N–H and O–H groups in total. The van der Waals surface area contributed by atoms with Gasteiger partial charge in [0.25, 0.3) is 5.56 Å². The van der Waals surface area contributed by atoms with Gasteiger partial charge in [0.2, 0.25) is 5.92 Å². The molecule has 0 aromatic carbocycles. The number of aromatic amines is 1. The van der Waals surface area contributed by atoms with E-state index in [-0.39, 0.29) is 24.3 Å². The van der Waals surface area contributed by atoms with Crippen molar-refractivity contribution in [2.45, 2.75) is 44.1 Å². The highest BCUT2D eigenvalue weighted by Gasteiger charge is 2.37. The van der Waals surface area contributed by atoms with E-state index in [4.69, 9.17) is 0 Å². The normalized spacial score (nSPS) is 22.9. The summed E-state index contributed by atoms with van der Waals surface area (Å²) in [6.45, 7) is 0.458. The van der Waals surface area contributed by atoms with E-state index in [0.717, 1.165) is 0 Å².